The van der Waals surface area contributed by atoms with Gasteiger partial charge in [-0.1, -0.05) is 6.07 Å². The van der Waals surface area contributed by atoms with Crippen molar-refractivity contribution in [1.29, 1.82) is 0 Å². The molecule has 2 N–H and O–H groups in total. The molecule has 0 aliphatic carbocycles. The summed E-state index contributed by atoms with van der Waals surface area (Å²) in [5.41, 5.74) is 5.72. The molecule has 0 aliphatic heterocycles. The molecule has 1 amide bonds. The van der Waals surface area contributed by atoms with Crippen LogP contribution in [0.25, 0.3) is 5.69 Å². The highest BCUT2D eigenvalue weighted by molar-refractivity contribution is 5.95. The summed E-state index contributed by atoms with van der Waals surface area (Å²) in [6.07, 6.45) is 3.37. The van der Waals surface area contributed by atoms with Crippen LogP contribution in [0, 0.1) is 0 Å². The lowest BCUT2D eigenvalue weighted by atomic mass is 10.2. The van der Waals surface area contributed by atoms with Crippen LogP contribution in [-0.2, 0) is 0 Å². The number of amides is 1. The molecule has 7 heteroatoms. The topological polar surface area (TPSA) is 86.9 Å². The summed E-state index contributed by atoms with van der Waals surface area (Å²) < 4.78 is 1.84. The highest BCUT2D eigenvalue weighted by Gasteiger charge is 2.07. The highest BCUT2D eigenvalue weighted by atomic mass is 16.4. The van der Waals surface area contributed by atoms with E-state index in [9.17, 15) is 9.59 Å². The first kappa shape index (κ1) is 18.9. The molecular weight excluding hydrogens is 356 g/mol. The second kappa shape index (κ2) is 8.22. The van der Waals surface area contributed by atoms with Gasteiger partial charge in [0.25, 0.3) is 5.91 Å². The number of rotatable bonds is 6. The average Bonchev–Trinajstić information content (AvgIpc) is 3.16. The van der Waals surface area contributed by atoms with Gasteiger partial charge in [0.05, 0.1) is 17.5 Å². The molecule has 0 atom stereocenters. The van der Waals surface area contributed by atoms with Gasteiger partial charge >= 0.3 is 5.97 Å². The minimum Gasteiger partial charge on any atom is -0.478 e. The highest BCUT2D eigenvalue weighted by Crippen LogP contribution is 2.14. The number of aromatic carboxylic acids is 1. The lowest BCUT2D eigenvalue weighted by Gasteiger charge is -2.12. The van der Waals surface area contributed by atoms with E-state index in [1.165, 1.54) is 12.1 Å². The number of benzene rings is 2. The number of hydrazone groups is 1. The molecule has 0 saturated heterocycles. The van der Waals surface area contributed by atoms with Crippen molar-refractivity contribution in [2.75, 3.05) is 19.0 Å². The molecule has 28 heavy (non-hydrogen) atoms. The second-order valence-electron chi connectivity index (χ2n) is 6.30. The summed E-state index contributed by atoms with van der Waals surface area (Å²) in [6.45, 7) is 0. The molecule has 0 spiro atoms. The summed E-state index contributed by atoms with van der Waals surface area (Å²) in [5.74, 6) is -1.27. The quantitative estimate of drug-likeness (QED) is 0.511. The minimum absolute atomic E-state index is 0.221. The Labute approximate surface area is 162 Å². The summed E-state index contributed by atoms with van der Waals surface area (Å²) >= 11 is 0. The van der Waals surface area contributed by atoms with Crippen LogP contribution in [-0.4, -0.2) is 41.9 Å². The third kappa shape index (κ3) is 4.27. The van der Waals surface area contributed by atoms with Gasteiger partial charge in [0.1, 0.15) is 0 Å². The molecule has 0 aliphatic rings. The van der Waals surface area contributed by atoms with Crippen molar-refractivity contribution in [1.82, 2.24) is 9.99 Å². The number of anilines is 1. The third-order valence-electron chi connectivity index (χ3n) is 4.16. The molecular formula is C21H20N4O3. The maximum Gasteiger partial charge on any atom is 0.335 e. The van der Waals surface area contributed by atoms with Crippen molar-refractivity contribution in [2.24, 2.45) is 5.10 Å². The van der Waals surface area contributed by atoms with E-state index >= 15 is 0 Å². The minimum atomic E-state index is -0.970. The van der Waals surface area contributed by atoms with Gasteiger partial charge in [-0.3, -0.25) is 4.79 Å². The Morgan fingerprint density at radius 1 is 1.04 bits per heavy atom. The SMILES string of the molecule is CN(C)c1cccc(C(=O)NN=Cc2cccn2-c2ccc(C(=O)O)cc2)c1. The van der Waals surface area contributed by atoms with E-state index in [-0.39, 0.29) is 11.5 Å². The molecule has 3 rings (SSSR count). The van der Waals surface area contributed by atoms with Gasteiger partial charge in [-0.15, -0.1) is 0 Å². The first-order valence-corrected chi connectivity index (χ1v) is 8.57. The first-order valence-electron chi connectivity index (χ1n) is 8.57. The zero-order valence-corrected chi connectivity index (χ0v) is 15.5. The number of carboxylic acid groups (broad SMARTS) is 1. The van der Waals surface area contributed by atoms with E-state index in [1.807, 2.05) is 54.0 Å². The van der Waals surface area contributed by atoms with Crippen LogP contribution in [0.5, 0.6) is 0 Å². The molecule has 0 bridgehead atoms. The zero-order chi connectivity index (χ0) is 20.1. The van der Waals surface area contributed by atoms with Gasteiger partial charge in [0, 0.05) is 37.2 Å². The fraction of sp³-hybridized carbons (Fsp3) is 0.0952. The number of hydrogen-bond donors (Lipinski definition) is 2. The molecule has 0 fully saturated rings. The molecule has 0 radical (unpaired) electrons. The average molecular weight is 376 g/mol. The molecule has 7 nitrogen and oxygen atoms in total. The molecule has 0 unspecified atom stereocenters. The Hall–Kier alpha value is -3.87. The van der Waals surface area contributed by atoms with Crippen LogP contribution < -0.4 is 10.3 Å². The molecule has 0 saturated carbocycles. The second-order valence-corrected chi connectivity index (χ2v) is 6.30. The van der Waals surface area contributed by atoms with Crippen LogP contribution in [0.2, 0.25) is 0 Å². The van der Waals surface area contributed by atoms with E-state index in [0.29, 0.717) is 5.56 Å². The Morgan fingerprint density at radius 3 is 2.46 bits per heavy atom. The molecule has 1 aromatic heterocycles. The Balaban J connectivity index is 1.72. The maximum absolute atomic E-state index is 12.3. The van der Waals surface area contributed by atoms with Crippen molar-refractivity contribution in [3.05, 3.63) is 83.7 Å². The molecule has 3 aromatic rings. The largest absolute Gasteiger partial charge is 0.478 e. The maximum atomic E-state index is 12.3. The third-order valence-corrected chi connectivity index (χ3v) is 4.16. The van der Waals surface area contributed by atoms with E-state index in [4.69, 9.17) is 5.11 Å². The van der Waals surface area contributed by atoms with Gasteiger partial charge in [0.15, 0.2) is 0 Å². The van der Waals surface area contributed by atoms with Crippen molar-refractivity contribution in [3.63, 3.8) is 0 Å². The lowest BCUT2D eigenvalue weighted by molar-refractivity contribution is 0.0696. The van der Waals surface area contributed by atoms with E-state index < -0.39 is 5.97 Å². The summed E-state index contributed by atoms with van der Waals surface area (Å²) in [5, 5.41) is 13.0. The number of aromatic nitrogens is 1. The van der Waals surface area contributed by atoms with E-state index in [2.05, 4.69) is 10.5 Å². The number of nitrogens with zero attached hydrogens (tertiary/aromatic N) is 3. The van der Waals surface area contributed by atoms with Crippen molar-refractivity contribution in [3.8, 4) is 5.69 Å². The van der Waals surface area contributed by atoms with Gasteiger partial charge in [-0.05, 0) is 54.6 Å². The van der Waals surface area contributed by atoms with Gasteiger partial charge < -0.3 is 14.6 Å². The van der Waals surface area contributed by atoms with Crippen molar-refractivity contribution >= 4 is 23.8 Å². The fourth-order valence-electron chi connectivity index (χ4n) is 2.65. The fourth-order valence-corrected chi connectivity index (χ4v) is 2.65. The zero-order valence-electron chi connectivity index (χ0n) is 15.5. The van der Waals surface area contributed by atoms with Gasteiger partial charge in [-0.2, -0.15) is 5.10 Å². The Bertz CT molecular complexity index is 1020. The standard InChI is InChI=1S/C21H20N4O3/c1-24(2)18-6-3-5-16(13-18)20(26)23-22-14-19-7-4-12-25(19)17-10-8-15(9-11-17)21(27)28/h3-14H,1-2H3,(H,23,26)(H,27,28). The summed E-state index contributed by atoms with van der Waals surface area (Å²) in [7, 11) is 3.82. The van der Waals surface area contributed by atoms with Crippen LogP contribution in [0.15, 0.2) is 72.0 Å². The van der Waals surface area contributed by atoms with Crippen molar-refractivity contribution in [2.45, 2.75) is 0 Å². The molecule has 1 heterocycles. The van der Waals surface area contributed by atoms with Crippen LogP contribution >= 0.6 is 0 Å². The first-order chi connectivity index (χ1) is 13.5. The van der Waals surface area contributed by atoms with Crippen LogP contribution in [0.4, 0.5) is 5.69 Å². The van der Waals surface area contributed by atoms with Crippen molar-refractivity contribution < 1.29 is 14.7 Å². The Kier molecular flexibility index (Phi) is 5.55. The van der Waals surface area contributed by atoms with Gasteiger partial charge in [-0.25, -0.2) is 10.2 Å². The smallest absolute Gasteiger partial charge is 0.335 e. The normalized spacial score (nSPS) is 10.8. The number of nitrogens with one attached hydrogen (secondary N) is 1. The van der Waals surface area contributed by atoms with Crippen LogP contribution in [0.1, 0.15) is 26.4 Å². The van der Waals surface area contributed by atoms with E-state index in [1.54, 1.807) is 30.5 Å². The number of carbonyl (C=O) groups is 2. The Morgan fingerprint density at radius 2 is 1.79 bits per heavy atom. The predicted octanol–water partition coefficient (Wildman–Crippen LogP) is 3.01. The summed E-state index contributed by atoms with van der Waals surface area (Å²) in [4.78, 5) is 25.2. The number of carboxylic acids is 1. The number of hydrogen-bond acceptors (Lipinski definition) is 4. The van der Waals surface area contributed by atoms with Gasteiger partial charge in [0.2, 0.25) is 0 Å². The monoisotopic (exact) mass is 376 g/mol. The summed E-state index contributed by atoms with van der Waals surface area (Å²) in [6, 6.07) is 17.4. The predicted molar refractivity (Wildman–Crippen MR) is 109 cm³/mol. The molecule has 2 aromatic carbocycles. The molecule has 142 valence electrons. The number of carbonyl (C=O) groups excluding carboxylic acids is 1. The lowest BCUT2D eigenvalue weighted by Crippen LogP contribution is -2.18. The van der Waals surface area contributed by atoms with Crippen LogP contribution in [0.3, 0.4) is 0 Å². The van der Waals surface area contributed by atoms with E-state index in [0.717, 1.165) is 17.1 Å².